The lowest BCUT2D eigenvalue weighted by Gasteiger charge is -2.17. The molecule has 0 saturated carbocycles. The van der Waals surface area contributed by atoms with Crippen LogP contribution in [0, 0.1) is 6.92 Å². The molecule has 0 spiro atoms. The Morgan fingerprint density at radius 3 is 2.65 bits per heavy atom. The zero-order valence-electron chi connectivity index (χ0n) is 12.7. The minimum Gasteiger partial charge on any atom is -0.384 e. The number of carbonyl (C=O) groups excluding carboxylic acids is 1. The van der Waals surface area contributed by atoms with E-state index in [1.165, 1.54) is 11.8 Å². The van der Waals surface area contributed by atoms with Crippen molar-refractivity contribution in [3.63, 3.8) is 0 Å². The Hall–Kier alpha value is -1.50. The van der Waals surface area contributed by atoms with E-state index in [0.717, 1.165) is 11.3 Å². The predicted molar refractivity (Wildman–Crippen MR) is 94.8 cm³/mol. The molecule has 1 heterocycles. The molecule has 0 radical (unpaired) electrons. The average molecular weight is 371 g/mol. The van der Waals surface area contributed by atoms with Gasteiger partial charge in [-0.15, -0.1) is 0 Å². The Morgan fingerprint density at radius 1 is 1.26 bits per heavy atom. The normalized spacial score (nSPS) is 10.6. The molecule has 0 atom stereocenters. The lowest BCUT2D eigenvalue weighted by molar-refractivity contribution is -0.127. The number of thioether (sulfide) groups is 1. The van der Waals surface area contributed by atoms with Gasteiger partial charge in [0.1, 0.15) is 5.82 Å². The number of benzene rings is 1. The fraction of sp³-hybridized carbons (Fsp3) is 0.267. The van der Waals surface area contributed by atoms with Crippen molar-refractivity contribution >= 4 is 46.7 Å². The third kappa shape index (κ3) is 5.27. The van der Waals surface area contributed by atoms with E-state index in [1.54, 1.807) is 30.1 Å². The van der Waals surface area contributed by atoms with Crippen molar-refractivity contribution in [2.24, 2.45) is 0 Å². The lowest BCUT2D eigenvalue weighted by Crippen LogP contribution is -2.27. The van der Waals surface area contributed by atoms with Gasteiger partial charge in [0.2, 0.25) is 5.91 Å². The van der Waals surface area contributed by atoms with Crippen LogP contribution >= 0.6 is 35.0 Å². The first kappa shape index (κ1) is 17.8. The van der Waals surface area contributed by atoms with Gasteiger partial charge in [-0.1, -0.05) is 41.0 Å². The van der Waals surface area contributed by atoms with Gasteiger partial charge in [-0.05, 0) is 24.6 Å². The summed E-state index contributed by atoms with van der Waals surface area (Å²) < 4.78 is 0. The topological polar surface area (TPSA) is 72.1 Å². The summed E-state index contributed by atoms with van der Waals surface area (Å²) in [5.41, 5.74) is 7.36. The Labute approximate surface area is 149 Å². The van der Waals surface area contributed by atoms with Crippen LogP contribution in [0.2, 0.25) is 10.0 Å². The Balaban J connectivity index is 1.93. The highest BCUT2D eigenvalue weighted by molar-refractivity contribution is 7.99. The average Bonchev–Trinajstić information content (AvgIpc) is 2.47. The second-order valence-corrected chi connectivity index (χ2v) is 6.76. The van der Waals surface area contributed by atoms with Crippen molar-refractivity contribution in [2.75, 3.05) is 18.5 Å². The van der Waals surface area contributed by atoms with Gasteiger partial charge < -0.3 is 10.6 Å². The number of hydrogen-bond donors (Lipinski definition) is 1. The maximum Gasteiger partial charge on any atom is 0.233 e. The van der Waals surface area contributed by atoms with Crippen LogP contribution in [0.3, 0.4) is 0 Å². The fourth-order valence-electron chi connectivity index (χ4n) is 1.87. The zero-order valence-corrected chi connectivity index (χ0v) is 15.0. The Bertz CT molecular complexity index is 706. The number of halogens is 2. The van der Waals surface area contributed by atoms with Crippen LogP contribution in [-0.2, 0) is 11.3 Å². The first-order valence-corrected chi connectivity index (χ1v) is 8.51. The van der Waals surface area contributed by atoms with Gasteiger partial charge in [-0.2, -0.15) is 0 Å². The minimum absolute atomic E-state index is 0.0373. The van der Waals surface area contributed by atoms with Gasteiger partial charge in [-0.3, -0.25) is 4.79 Å². The van der Waals surface area contributed by atoms with E-state index < -0.39 is 0 Å². The molecule has 2 aromatic rings. The van der Waals surface area contributed by atoms with Gasteiger partial charge >= 0.3 is 0 Å². The molecule has 1 aromatic heterocycles. The Kier molecular flexibility index (Phi) is 6.10. The van der Waals surface area contributed by atoms with Crippen molar-refractivity contribution < 1.29 is 4.79 Å². The van der Waals surface area contributed by atoms with Crippen LogP contribution in [0.25, 0.3) is 0 Å². The number of nitrogen functional groups attached to an aromatic ring is 1. The highest BCUT2D eigenvalue weighted by Gasteiger charge is 2.12. The van der Waals surface area contributed by atoms with Crippen LogP contribution < -0.4 is 5.73 Å². The summed E-state index contributed by atoms with van der Waals surface area (Å²) in [7, 11) is 1.73. The predicted octanol–water partition coefficient (Wildman–Crippen LogP) is 3.42. The molecule has 2 N–H and O–H groups in total. The maximum atomic E-state index is 12.2. The molecule has 0 unspecified atom stereocenters. The van der Waals surface area contributed by atoms with E-state index in [0.29, 0.717) is 27.6 Å². The number of aryl methyl sites for hydroxylation is 1. The molecule has 23 heavy (non-hydrogen) atoms. The summed E-state index contributed by atoms with van der Waals surface area (Å²) in [6, 6.07) is 7.00. The van der Waals surface area contributed by atoms with Crippen molar-refractivity contribution in [2.45, 2.75) is 18.6 Å². The SMILES string of the molecule is Cc1cc(N)nc(SCC(=O)N(C)Cc2ccc(Cl)c(Cl)c2)n1. The minimum atomic E-state index is -0.0373. The van der Waals surface area contributed by atoms with Crippen molar-refractivity contribution in [1.29, 1.82) is 0 Å². The summed E-state index contributed by atoms with van der Waals surface area (Å²) in [4.78, 5) is 22.2. The first-order valence-electron chi connectivity index (χ1n) is 6.77. The molecule has 1 amide bonds. The summed E-state index contributed by atoms with van der Waals surface area (Å²) in [5, 5.41) is 1.47. The molecule has 1 aromatic carbocycles. The van der Waals surface area contributed by atoms with Crippen molar-refractivity contribution in [1.82, 2.24) is 14.9 Å². The number of amides is 1. The number of nitrogens with zero attached hydrogens (tertiary/aromatic N) is 3. The molecule has 0 fully saturated rings. The van der Waals surface area contributed by atoms with Crippen LogP contribution in [0.1, 0.15) is 11.3 Å². The van der Waals surface area contributed by atoms with E-state index in [4.69, 9.17) is 28.9 Å². The molecule has 0 aliphatic carbocycles. The van der Waals surface area contributed by atoms with E-state index in [1.807, 2.05) is 13.0 Å². The summed E-state index contributed by atoms with van der Waals surface area (Å²) in [6.07, 6.45) is 0. The van der Waals surface area contributed by atoms with Crippen LogP contribution in [-0.4, -0.2) is 33.6 Å². The van der Waals surface area contributed by atoms with E-state index in [-0.39, 0.29) is 11.7 Å². The number of carbonyl (C=O) groups is 1. The first-order chi connectivity index (χ1) is 10.8. The highest BCUT2D eigenvalue weighted by atomic mass is 35.5. The number of rotatable bonds is 5. The molecule has 2 rings (SSSR count). The summed E-state index contributed by atoms with van der Waals surface area (Å²) >= 11 is 13.1. The molecule has 0 saturated heterocycles. The third-order valence-corrected chi connectivity index (χ3v) is 4.58. The smallest absolute Gasteiger partial charge is 0.233 e. The molecule has 122 valence electrons. The molecule has 0 aliphatic heterocycles. The van der Waals surface area contributed by atoms with E-state index in [9.17, 15) is 4.79 Å². The van der Waals surface area contributed by atoms with Gasteiger partial charge in [0.15, 0.2) is 5.16 Å². The van der Waals surface area contributed by atoms with Crippen molar-refractivity contribution in [3.8, 4) is 0 Å². The number of aromatic nitrogens is 2. The maximum absolute atomic E-state index is 12.2. The Morgan fingerprint density at radius 2 is 2.00 bits per heavy atom. The van der Waals surface area contributed by atoms with Gasteiger partial charge in [0, 0.05) is 25.4 Å². The summed E-state index contributed by atoms with van der Waals surface area (Å²) in [6.45, 7) is 2.29. The molecule has 5 nitrogen and oxygen atoms in total. The molecular formula is C15H16Cl2N4OS. The summed E-state index contributed by atoms with van der Waals surface area (Å²) in [5.74, 6) is 0.599. The highest BCUT2D eigenvalue weighted by Crippen LogP contribution is 2.23. The molecule has 0 bridgehead atoms. The lowest BCUT2D eigenvalue weighted by atomic mass is 10.2. The van der Waals surface area contributed by atoms with E-state index in [2.05, 4.69) is 9.97 Å². The number of anilines is 1. The molecular weight excluding hydrogens is 355 g/mol. The quantitative estimate of drug-likeness (QED) is 0.644. The fourth-order valence-corrected chi connectivity index (χ4v) is 3.04. The monoisotopic (exact) mass is 370 g/mol. The van der Waals surface area contributed by atoms with Crippen LogP contribution in [0.4, 0.5) is 5.82 Å². The molecule has 8 heteroatoms. The van der Waals surface area contributed by atoms with Gasteiger partial charge in [0.25, 0.3) is 0 Å². The standard InChI is InChI=1S/C15H16Cl2N4OS/c1-9-5-13(18)20-15(19-9)23-8-14(22)21(2)7-10-3-4-11(16)12(17)6-10/h3-6H,7-8H2,1-2H3,(H2,18,19,20). The van der Waals surface area contributed by atoms with Gasteiger partial charge in [0.05, 0.1) is 15.8 Å². The largest absolute Gasteiger partial charge is 0.384 e. The van der Waals surface area contributed by atoms with Crippen LogP contribution in [0.5, 0.6) is 0 Å². The van der Waals surface area contributed by atoms with Crippen molar-refractivity contribution in [3.05, 3.63) is 45.6 Å². The third-order valence-electron chi connectivity index (χ3n) is 3.01. The molecule has 0 aliphatic rings. The zero-order chi connectivity index (χ0) is 17.0. The number of nitrogens with two attached hydrogens (primary N) is 1. The second-order valence-electron chi connectivity index (χ2n) is 5.00. The number of hydrogen-bond acceptors (Lipinski definition) is 5. The van der Waals surface area contributed by atoms with E-state index >= 15 is 0 Å². The van der Waals surface area contributed by atoms with Crippen LogP contribution in [0.15, 0.2) is 29.4 Å². The van der Waals surface area contributed by atoms with Gasteiger partial charge in [-0.25, -0.2) is 9.97 Å². The second kappa shape index (κ2) is 7.86.